The summed E-state index contributed by atoms with van der Waals surface area (Å²) in [5.74, 6) is 1.11. The van der Waals surface area contributed by atoms with Gasteiger partial charge in [-0.2, -0.15) is 9.21 Å². The van der Waals surface area contributed by atoms with Crippen LogP contribution in [-0.2, 0) is 29.0 Å². The van der Waals surface area contributed by atoms with Crippen LogP contribution in [0, 0.1) is 0 Å². The molecule has 31 nitrogen and oxygen atoms in total. The van der Waals surface area contributed by atoms with Gasteiger partial charge in [0.05, 0.1) is 22.4 Å². The first-order valence-electron chi connectivity index (χ1n) is 34.6. The van der Waals surface area contributed by atoms with Crippen LogP contribution in [0.25, 0.3) is 79.9 Å². The van der Waals surface area contributed by atoms with Crippen LogP contribution in [0.2, 0.25) is 0 Å². The van der Waals surface area contributed by atoms with Gasteiger partial charge >= 0.3 is 30.3 Å². The maximum atomic E-state index is 13.1. The standard InChI is InChI=1S/C28H33N5O5.C23H25BrN4O5.C20H21N5O3S.C6H5BrN2O2/c1-27(2,3)37-25(34)30-22-21(24-32-31-23(36-24)19-10-8-7-9-11-19)16-20(17-29-22)18-12-14-33(15-13-18)26(35)38-28(4,5)6;1-22(2,3)32-20(29)28(21(30)33-23(4,5)6)17-16(12-15(24)13-25-17)19-27-26-18(31-19)14-10-8-7-9-11-14;1-2-29(26,27)25-10-8-14(9-11-25)16-12-17(18(21)22-13-16)20-24-23-19(28-20)15-6-4-3-5-7-15;7-3-1-4(6(10)11)5(8)9-2-3/h7-12,16-17H,13-15H2,1-6H3,(H,29,30,34);7-13H,1-6H3;3-8,12-13H,2,9-11H2,1H3,(H2,21,22);1-2H,(H2,8,9)(H,10,11). The van der Waals surface area contributed by atoms with E-state index < -0.39 is 56.7 Å². The van der Waals surface area contributed by atoms with Gasteiger partial charge in [-0.05, 0) is 218 Å². The number of halogens is 2. The van der Waals surface area contributed by atoms with E-state index in [2.05, 4.69) is 87.7 Å². The van der Waals surface area contributed by atoms with E-state index in [0.717, 1.165) is 43.9 Å². The molecule has 0 aliphatic carbocycles. The summed E-state index contributed by atoms with van der Waals surface area (Å²) in [6, 6.07) is 34.8. The molecule has 0 fully saturated rings. The lowest BCUT2D eigenvalue weighted by molar-refractivity contribution is 0.0268. The van der Waals surface area contributed by atoms with E-state index in [4.69, 9.17) is 48.8 Å². The number of ether oxygens (including phenoxy) is 4. The lowest BCUT2D eigenvalue weighted by Gasteiger charge is -2.29. The summed E-state index contributed by atoms with van der Waals surface area (Å²) in [4.78, 5) is 80.6. The summed E-state index contributed by atoms with van der Waals surface area (Å²) >= 11 is 6.45. The number of nitrogens with zero attached hydrogens (tertiary/aromatic N) is 13. The van der Waals surface area contributed by atoms with E-state index in [0.29, 0.717) is 82.6 Å². The Morgan fingerprint density at radius 3 is 1.38 bits per heavy atom. The van der Waals surface area contributed by atoms with Gasteiger partial charge in [0.15, 0.2) is 5.82 Å². The summed E-state index contributed by atoms with van der Waals surface area (Å²) in [5.41, 5.74) is 15.7. The van der Waals surface area contributed by atoms with Crippen molar-refractivity contribution in [3.05, 3.63) is 178 Å². The first-order valence-corrected chi connectivity index (χ1v) is 37.8. The molecule has 12 rings (SSSR count). The van der Waals surface area contributed by atoms with Crippen LogP contribution >= 0.6 is 31.9 Å². The molecule has 0 bridgehead atoms. The van der Waals surface area contributed by atoms with Crippen molar-refractivity contribution in [2.45, 2.75) is 125 Å². The molecule has 34 heteroatoms. The van der Waals surface area contributed by atoms with E-state index in [1.165, 1.54) is 22.8 Å². The molecule has 582 valence electrons. The number of aromatic nitrogens is 10. The fourth-order valence-electron chi connectivity index (χ4n) is 10.2. The van der Waals surface area contributed by atoms with Crippen LogP contribution in [0.5, 0.6) is 0 Å². The van der Waals surface area contributed by atoms with E-state index in [1.54, 1.807) is 92.6 Å². The maximum Gasteiger partial charge on any atom is 0.425 e. The van der Waals surface area contributed by atoms with Crippen LogP contribution in [0.3, 0.4) is 0 Å². The Kier molecular flexibility index (Phi) is 26.9. The number of benzene rings is 3. The van der Waals surface area contributed by atoms with Crippen LogP contribution in [0.15, 0.2) is 174 Å². The zero-order valence-electron chi connectivity index (χ0n) is 63.2. The Hall–Kier alpha value is -11.6. The first-order chi connectivity index (χ1) is 52.3. The SMILES string of the molecule is CC(C)(C)OC(=O)N(C(=O)OC(C)(C)C)c1ncc(Br)cc1-c1nnc(-c2ccccc2)o1.CC(C)(C)OC(=O)Nc1ncc(C2=CCN(C(=O)OC(C)(C)C)CC2)cc1-c1nnc(-c2ccccc2)o1.CCS(=O)(=O)N1CC=C(c2cnc(N)c(-c3nnc(-c4ccccc4)o3)c2)CC1.Nc1ncc(Br)cc1C(=O)O. The number of nitrogens with two attached hydrogens (primary N) is 2. The quantitative estimate of drug-likeness (QED) is 0.0779. The molecule has 0 radical (unpaired) electrons. The Bertz CT molecular complexity index is 5120. The molecule has 3 aromatic carbocycles. The number of sulfonamides is 1. The molecule has 4 amide bonds. The second-order valence-corrected chi connectivity index (χ2v) is 32.7. The summed E-state index contributed by atoms with van der Waals surface area (Å²) in [6.07, 6.45) is 8.44. The zero-order valence-corrected chi connectivity index (χ0v) is 67.2. The fourth-order valence-corrected chi connectivity index (χ4v) is 11.9. The number of anilines is 4. The Balaban J connectivity index is 0.000000180. The predicted molar refractivity (Wildman–Crippen MR) is 423 cm³/mol. The van der Waals surface area contributed by atoms with Gasteiger partial charge in [-0.1, -0.05) is 66.7 Å². The number of hydrogen-bond acceptors (Lipinski definition) is 26. The molecule has 2 aliphatic heterocycles. The lowest BCUT2D eigenvalue weighted by atomic mass is 9.99. The Morgan fingerprint density at radius 2 is 0.937 bits per heavy atom. The number of carboxylic acids is 1. The molecule has 111 heavy (non-hydrogen) atoms. The number of imide groups is 1. The average molecular weight is 1670 g/mol. The molecule has 0 atom stereocenters. The third-order valence-corrected chi connectivity index (χ3v) is 18.0. The molecular formula is C77H84Br2N16O15S. The summed E-state index contributed by atoms with van der Waals surface area (Å²) in [7, 11) is -3.19. The smallest absolute Gasteiger partial charge is 0.425 e. The van der Waals surface area contributed by atoms with E-state index >= 15 is 0 Å². The van der Waals surface area contributed by atoms with Gasteiger partial charge < -0.3 is 53.7 Å². The number of carboxylic acid groups (broad SMARTS) is 1. The van der Waals surface area contributed by atoms with Crippen molar-refractivity contribution in [1.29, 1.82) is 0 Å². The summed E-state index contributed by atoms with van der Waals surface area (Å²) in [5, 5.41) is 36.1. The molecule has 0 spiro atoms. The largest absolute Gasteiger partial charge is 0.478 e. The number of hydrogen-bond donors (Lipinski definition) is 4. The number of nitrogen functional groups attached to an aromatic ring is 2. The first kappa shape index (κ1) is 83.4. The van der Waals surface area contributed by atoms with Gasteiger partial charge in [0.1, 0.15) is 45.4 Å². The predicted octanol–water partition coefficient (Wildman–Crippen LogP) is 16.4. The molecule has 9 heterocycles. The number of aromatic carboxylic acids is 1. The van der Waals surface area contributed by atoms with E-state index in [-0.39, 0.29) is 58.1 Å². The zero-order chi connectivity index (χ0) is 80.8. The topological polar surface area (TPSA) is 419 Å². The molecule has 0 unspecified atom stereocenters. The summed E-state index contributed by atoms with van der Waals surface area (Å²) in [6.45, 7) is 24.4. The number of pyridine rings is 4. The normalized spacial score (nSPS) is 13.2. The second kappa shape index (κ2) is 35.8. The molecular weight excluding hydrogens is 1580 g/mol. The highest BCUT2D eigenvalue weighted by molar-refractivity contribution is 9.10. The van der Waals surface area contributed by atoms with Gasteiger partial charge in [0, 0.05) is 76.6 Å². The van der Waals surface area contributed by atoms with Crippen molar-refractivity contribution in [2.75, 3.05) is 53.6 Å². The Labute approximate surface area is 657 Å². The molecule has 6 N–H and O–H groups in total. The van der Waals surface area contributed by atoms with Crippen molar-refractivity contribution in [2.24, 2.45) is 0 Å². The van der Waals surface area contributed by atoms with Gasteiger partial charge in [-0.3, -0.25) is 5.32 Å². The minimum Gasteiger partial charge on any atom is -0.478 e. The molecule has 7 aromatic heterocycles. The summed E-state index contributed by atoms with van der Waals surface area (Å²) < 4.78 is 66.2. The van der Waals surface area contributed by atoms with Gasteiger partial charge in [-0.15, -0.1) is 30.6 Å². The van der Waals surface area contributed by atoms with E-state index in [9.17, 15) is 32.4 Å². The van der Waals surface area contributed by atoms with Crippen LogP contribution in [-0.4, -0.2) is 158 Å². The third-order valence-electron chi connectivity index (χ3n) is 15.3. The van der Waals surface area contributed by atoms with Crippen LogP contribution in [0.4, 0.5) is 42.4 Å². The van der Waals surface area contributed by atoms with Gasteiger partial charge in [-0.25, -0.2) is 52.3 Å². The van der Waals surface area contributed by atoms with Crippen molar-refractivity contribution < 1.29 is 69.7 Å². The number of nitrogens with one attached hydrogen (secondary N) is 1. The number of carbonyl (C=O) groups excluding carboxylic acids is 4. The fraction of sp³-hybridized carbons (Fsp3) is 0.312. The number of rotatable bonds is 13. The molecule has 0 saturated carbocycles. The number of amides is 4. The highest BCUT2D eigenvalue weighted by Crippen LogP contribution is 2.38. The van der Waals surface area contributed by atoms with Crippen LogP contribution in [0.1, 0.15) is 124 Å². The highest BCUT2D eigenvalue weighted by Gasteiger charge is 2.37. The van der Waals surface area contributed by atoms with Gasteiger partial charge in [0.25, 0.3) is 17.7 Å². The highest BCUT2D eigenvalue weighted by atomic mass is 79.9. The van der Waals surface area contributed by atoms with Crippen molar-refractivity contribution >= 4 is 107 Å². The van der Waals surface area contributed by atoms with E-state index in [1.807, 2.05) is 136 Å². The second-order valence-electron chi connectivity index (χ2n) is 28.6. The van der Waals surface area contributed by atoms with Crippen molar-refractivity contribution in [3.8, 4) is 68.7 Å². The van der Waals surface area contributed by atoms with Crippen LogP contribution < -0.4 is 21.7 Å². The lowest BCUT2D eigenvalue weighted by Crippen LogP contribution is -2.44. The number of carbonyl (C=O) groups is 5. The van der Waals surface area contributed by atoms with Crippen molar-refractivity contribution in [1.82, 2.24) is 59.7 Å². The Morgan fingerprint density at radius 1 is 0.514 bits per heavy atom. The van der Waals surface area contributed by atoms with Gasteiger partial charge in [0.2, 0.25) is 27.7 Å². The molecule has 0 saturated heterocycles. The third kappa shape index (κ3) is 23.7. The minimum atomic E-state index is -3.19. The van der Waals surface area contributed by atoms with Crippen molar-refractivity contribution in [3.63, 3.8) is 0 Å². The molecule has 10 aromatic rings. The monoisotopic (exact) mass is 1660 g/mol. The average Bonchev–Trinajstić information content (AvgIpc) is 1.79. The maximum absolute atomic E-state index is 13.1. The molecule has 2 aliphatic rings. The minimum absolute atomic E-state index is 0.0133.